The van der Waals surface area contributed by atoms with E-state index in [0.29, 0.717) is 6.10 Å². The molecule has 1 aromatic carbocycles. The molecule has 2 rings (SSSR count). The van der Waals surface area contributed by atoms with Gasteiger partial charge in [-0.15, -0.1) is 0 Å². The lowest BCUT2D eigenvalue weighted by molar-refractivity contribution is -0.000625. The zero-order valence-corrected chi connectivity index (χ0v) is 13.7. The molecule has 2 atom stereocenters. The van der Waals surface area contributed by atoms with Crippen molar-refractivity contribution in [2.45, 2.75) is 44.8 Å². The van der Waals surface area contributed by atoms with Crippen molar-refractivity contribution in [1.29, 1.82) is 0 Å². The van der Waals surface area contributed by atoms with Crippen LogP contribution in [-0.2, 0) is 4.74 Å². The first-order valence-corrected chi connectivity index (χ1v) is 8.42. The van der Waals surface area contributed by atoms with Crippen LogP contribution in [0, 0.1) is 0 Å². The van der Waals surface area contributed by atoms with Crippen molar-refractivity contribution in [3.8, 4) is 0 Å². The third-order valence-electron chi connectivity index (χ3n) is 4.08. The van der Waals surface area contributed by atoms with Gasteiger partial charge in [0, 0.05) is 30.8 Å². The summed E-state index contributed by atoms with van der Waals surface area (Å²) in [7, 11) is 0. The second kappa shape index (κ2) is 8.74. The van der Waals surface area contributed by atoms with Crippen LogP contribution in [0.4, 0.5) is 0 Å². The van der Waals surface area contributed by atoms with Gasteiger partial charge in [-0.2, -0.15) is 0 Å². The van der Waals surface area contributed by atoms with Crippen LogP contribution in [0.15, 0.2) is 24.3 Å². The highest BCUT2D eigenvalue weighted by atomic mass is 35.5. The number of benzene rings is 1. The van der Waals surface area contributed by atoms with Gasteiger partial charge in [-0.3, -0.25) is 0 Å². The SMILES string of the molecule is CCCOC1CCCN(CCC(N)c2ccccc2Cl)C1. The molecule has 21 heavy (non-hydrogen) atoms. The molecular formula is C17H27ClN2O. The van der Waals surface area contributed by atoms with Crippen molar-refractivity contribution in [1.82, 2.24) is 4.90 Å². The van der Waals surface area contributed by atoms with E-state index in [9.17, 15) is 0 Å². The van der Waals surface area contributed by atoms with Gasteiger partial charge in [-0.05, 0) is 43.9 Å². The molecular weight excluding hydrogens is 284 g/mol. The van der Waals surface area contributed by atoms with Gasteiger partial charge in [-0.25, -0.2) is 0 Å². The molecule has 0 aliphatic carbocycles. The number of piperidine rings is 1. The lowest BCUT2D eigenvalue weighted by Crippen LogP contribution is -2.40. The van der Waals surface area contributed by atoms with Crippen molar-refractivity contribution in [3.63, 3.8) is 0 Å². The smallest absolute Gasteiger partial charge is 0.0702 e. The molecule has 1 aromatic rings. The Labute approximate surface area is 133 Å². The van der Waals surface area contributed by atoms with Crippen LogP contribution in [0.2, 0.25) is 5.02 Å². The molecule has 4 heteroatoms. The molecule has 1 fully saturated rings. The Kier molecular flexibility index (Phi) is 6.97. The topological polar surface area (TPSA) is 38.5 Å². The first kappa shape index (κ1) is 16.8. The molecule has 1 saturated heterocycles. The number of hydrogen-bond acceptors (Lipinski definition) is 3. The first-order valence-electron chi connectivity index (χ1n) is 8.04. The standard InChI is InChI=1S/C17H27ClN2O/c1-2-12-21-14-6-5-10-20(13-14)11-9-17(19)15-7-3-4-8-16(15)18/h3-4,7-8,14,17H,2,5-6,9-13,19H2,1H3. The van der Waals surface area contributed by atoms with Crippen LogP contribution in [0.5, 0.6) is 0 Å². The van der Waals surface area contributed by atoms with E-state index in [1.54, 1.807) is 0 Å². The van der Waals surface area contributed by atoms with Crippen molar-refractivity contribution in [3.05, 3.63) is 34.9 Å². The van der Waals surface area contributed by atoms with Gasteiger partial charge >= 0.3 is 0 Å². The van der Waals surface area contributed by atoms with Crippen LogP contribution < -0.4 is 5.73 Å². The highest BCUT2D eigenvalue weighted by Crippen LogP contribution is 2.24. The summed E-state index contributed by atoms with van der Waals surface area (Å²) in [6.45, 7) is 6.23. The summed E-state index contributed by atoms with van der Waals surface area (Å²) in [6.07, 6.45) is 4.83. The number of nitrogens with zero attached hydrogens (tertiary/aromatic N) is 1. The molecule has 0 radical (unpaired) electrons. The number of likely N-dealkylation sites (tertiary alicyclic amines) is 1. The summed E-state index contributed by atoms with van der Waals surface area (Å²) in [5.74, 6) is 0. The summed E-state index contributed by atoms with van der Waals surface area (Å²) in [4.78, 5) is 2.47. The normalized spacial score (nSPS) is 21.4. The van der Waals surface area contributed by atoms with E-state index < -0.39 is 0 Å². The molecule has 0 aromatic heterocycles. The molecule has 118 valence electrons. The minimum atomic E-state index is 0.00985. The fraction of sp³-hybridized carbons (Fsp3) is 0.647. The Morgan fingerprint density at radius 3 is 3.00 bits per heavy atom. The largest absolute Gasteiger partial charge is 0.377 e. The molecule has 2 N–H and O–H groups in total. The van der Waals surface area contributed by atoms with E-state index in [2.05, 4.69) is 11.8 Å². The maximum Gasteiger partial charge on any atom is 0.0702 e. The van der Waals surface area contributed by atoms with Gasteiger partial charge < -0.3 is 15.4 Å². The monoisotopic (exact) mass is 310 g/mol. The van der Waals surface area contributed by atoms with Gasteiger partial charge in [0.25, 0.3) is 0 Å². The Balaban J connectivity index is 1.78. The molecule has 1 heterocycles. The van der Waals surface area contributed by atoms with Crippen LogP contribution in [0.1, 0.15) is 44.2 Å². The Hall–Kier alpha value is -0.610. The molecule has 2 unspecified atom stereocenters. The average molecular weight is 311 g/mol. The quantitative estimate of drug-likeness (QED) is 0.836. The molecule has 0 amide bonds. The van der Waals surface area contributed by atoms with Gasteiger partial charge in [0.2, 0.25) is 0 Å². The molecule has 0 spiro atoms. The van der Waals surface area contributed by atoms with Crippen molar-refractivity contribution in [2.75, 3.05) is 26.2 Å². The number of rotatable bonds is 7. The van der Waals surface area contributed by atoms with E-state index in [4.69, 9.17) is 22.1 Å². The third kappa shape index (κ3) is 5.26. The van der Waals surface area contributed by atoms with E-state index in [1.165, 1.54) is 12.8 Å². The molecule has 1 aliphatic rings. The molecule has 3 nitrogen and oxygen atoms in total. The Morgan fingerprint density at radius 2 is 2.24 bits per heavy atom. The van der Waals surface area contributed by atoms with E-state index in [-0.39, 0.29) is 6.04 Å². The predicted molar refractivity (Wildman–Crippen MR) is 88.7 cm³/mol. The summed E-state index contributed by atoms with van der Waals surface area (Å²) in [5.41, 5.74) is 7.34. The van der Waals surface area contributed by atoms with E-state index >= 15 is 0 Å². The summed E-state index contributed by atoms with van der Waals surface area (Å²) < 4.78 is 5.88. The van der Waals surface area contributed by atoms with Gasteiger partial charge in [0.05, 0.1) is 6.10 Å². The second-order valence-electron chi connectivity index (χ2n) is 5.85. The molecule has 0 bridgehead atoms. The fourth-order valence-corrected chi connectivity index (χ4v) is 3.17. The van der Waals surface area contributed by atoms with Crippen LogP contribution in [0.25, 0.3) is 0 Å². The van der Waals surface area contributed by atoms with Gasteiger partial charge in [-0.1, -0.05) is 36.7 Å². The van der Waals surface area contributed by atoms with Crippen molar-refractivity contribution < 1.29 is 4.74 Å². The van der Waals surface area contributed by atoms with Crippen molar-refractivity contribution >= 4 is 11.6 Å². The predicted octanol–water partition coefficient (Wildman–Crippen LogP) is 3.62. The number of ether oxygens (including phenoxy) is 1. The van der Waals surface area contributed by atoms with Crippen LogP contribution >= 0.6 is 11.6 Å². The van der Waals surface area contributed by atoms with Gasteiger partial charge in [0.15, 0.2) is 0 Å². The summed E-state index contributed by atoms with van der Waals surface area (Å²) >= 11 is 6.21. The first-order chi connectivity index (χ1) is 10.2. The highest BCUT2D eigenvalue weighted by molar-refractivity contribution is 6.31. The Bertz CT molecular complexity index is 427. The van der Waals surface area contributed by atoms with E-state index in [1.807, 2.05) is 24.3 Å². The third-order valence-corrected chi connectivity index (χ3v) is 4.43. The summed E-state index contributed by atoms with van der Waals surface area (Å²) in [5, 5.41) is 0.771. The number of hydrogen-bond donors (Lipinski definition) is 1. The highest BCUT2D eigenvalue weighted by Gasteiger charge is 2.21. The van der Waals surface area contributed by atoms with E-state index in [0.717, 1.165) is 49.7 Å². The minimum Gasteiger partial charge on any atom is -0.377 e. The number of halogens is 1. The van der Waals surface area contributed by atoms with Crippen molar-refractivity contribution in [2.24, 2.45) is 5.73 Å². The molecule has 0 saturated carbocycles. The lowest BCUT2D eigenvalue weighted by Gasteiger charge is -2.33. The molecule has 1 aliphatic heterocycles. The zero-order chi connectivity index (χ0) is 15.1. The maximum atomic E-state index is 6.29. The summed E-state index contributed by atoms with van der Waals surface area (Å²) in [6, 6.07) is 7.88. The minimum absolute atomic E-state index is 0.00985. The average Bonchev–Trinajstić information content (AvgIpc) is 2.51. The van der Waals surface area contributed by atoms with Gasteiger partial charge in [0.1, 0.15) is 0 Å². The number of nitrogens with two attached hydrogens (primary N) is 1. The Morgan fingerprint density at radius 1 is 1.43 bits per heavy atom. The zero-order valence-electron chi connectivity index (χ0n) is 12.9. The van der Waals surface area contributed by atoms with Crippen LogP contribution in [-0.4, -0.2) is 37.2 Å². The fourth-order valence-electron chi connectivity index (χ4n) is 2.89. The van der Waals surface area contributed by atoms with Crippen LogP contribution in [0.3, 0.4) is 0 Å². The lowest BCUT2D eigenvalue weighted by atomic mass is 10.0. The maximum absolute atomic E-state index is 6.29. The second-order valence-corrected chi connectivity index (χ2v) is 6.26.